The van der Waals surface area contributed by atoms with Gasteiger partial charge in [0.2, 0.25) is 0 Å². The maximum atomic E-state index is 12.0. The van der Waals surface area contributed by atoms with E-state index in [0.29, 0.717) is 11.8 Å². The summed E-state index contributed by atoms with van der Waals surface area (Å²) in [5.41, 5.74) is 1.80. The van der Waals surface area contributed by atoms with Gasteiger partial charge in [-0.15, -0.1) is 35.7 Å². The summed E-state index contributed by atoms with van der Waals surface area (Å²) in [6.07, 6.45) is 1.48. The smallest absolute Gasteiger partial charge is 0.291 e. The fourth-order valence-corrected chi connectivity index (χ4v) is 3.67. The third-order valence-corrected chi connectivity index (χ3v) is 5.39. The number of benzene rings is 2. The van der Waals surface area contributed by atoms with E-state index in [9.17, 15) is 4.79 Å². The van der Waals surface area contributed by atoms with Gasteiger partial charge in [-0.3, -0.25) is 9.79 Å². The van der Waals surface area contributed by atoms with Gasteiger partial charge in [0, 0.05) is 36.0 Å². The number of carbonyl (C=O) groups is 1. The molecule has 0 aliphatic rings. The van der Waals surface area contributed by atoms with Crippen LogP contribution < -0.4 is 16.0 Å². The Labute approximate surface area is 204 Å². The quantitative estimate of drug-likeness (QED) is 0.159. The summed E-state index contributed by atoms with van der Waals surface area (Å²) in [5.74, 6) is 0.777. The SMILES string of the molecule is CN=C(NCc1ccc(NC(=O)c2ccco2)cc1)NCC(C)Sc1ccccc1.I. The number of carbonyl (C=O) groups excluding carboxylic acids is 1. The first-order valence-corrected chi connectivity index (χ1v) is 10.6. The molecule has 0 aliphatic carbocycles. The fourth-order valence-electron chi connectivity index (χ4n) is 2.73. The highest BCUT2D eigenvalue weighted by Gasteiger charge is 2.09. The Morgan fingerprint density at radius 2 is 1.77 bits per heavy atom. The first kappa shape index (κ1) is 24.8. The first-order valence-electron chi connectivity index (χ1n) is 9.74. The van der Waals surface area contributed by atoms with Crippen LogP contribution in [0, 0.1) is 0 Å². The molecule has 3 aromatic rings. The van der Waals surface area contributed by atoms with Crippen molar-refractivity contribution in [2.24, 2.45) is 4.99 Å². The summed E-state index contributed by atoms with van der Waals surface area (Å²) in [7, 11) is 1.76. The van der Waals surface area contributed by atoms with Crippen molar-refractivity contribution < 1.29 is 9.21 Å². The van der Waals surface area contributed by atoms with Crippen molar-refractivity contribution in [1.29, 1.82) is 0 Å². The first-order chi connectivity index (χ1) is 14.6. The average Bonchev–Trinajstić information content (AvgIpc) is 3.31. The number of guanidine groups is 1. The number of hydrogen-bond donors (Lipinski definition) is 3. The number of amides is 1. The molecule has 8 heteroatoms. The number of nitrogens with zero attached hydrogens (tertiary/aromatic N) is 1. The van der Waals surface area contributed by atoms with Gasteiger partial charge in [0.15, 0.2) is 11.7 Å². The summed E-state index contributed by atoms with van der Waals surface area (Å²) >= 11 is 1.83. The van der Waals surface area contributed by atoms with Crippen LogP contribution in [0.1, 0.15) is 23.0 Å². The Balaban J connectivity index is 0.00000341. The number of hydrogen-bond acceptors (Lipinski definition) is 4. The second-order valence-electron chi connectivity index (χ2n) is 6.68. The van der Waals surface area contributed by atoms with E-state index < -0.39 is 0 Å². The number of aliphatic imine (C=N–C) groups is 1. The minimum Gasteiger partial charge on any atom is -0.459 e. The molecular weight excluding hydrogens is 523 g/mol. The molecule has 1 amide bonds. The highest BCUT2D eigenvalue weighted by Crippen LogP contribution is 2.21. The second kappa shape index (κ2) is 13.1. The molecule has 0 radical (unpaired) electrons. The van der Waals surface area contributed by atoms with Crippen LogP contribution in [0.4, 0.5) is 5.69 Å². The molecule has 31 heavy (non-hydrogen) atoms. The lowest BCUT2D eigenvalue weighted by Gasteiger charge is -2.16. The summed E-state index contributed by atoms with van der Waals surface area (Å²) in [4.78, 5) is 17.6. The molecule has 1 unspecified atom stereocenters. The largest absolute Gasteiger partial charge is 0.459 e. The van der Waals surface area contributed by atoms with Crippen molar-refractivity contribution >= 4 is 53.3 Å². The molecule has 3 N–H and O–H groups in total. The molecule has 0 bridgehead atoms. The number of furan rings is 1. The van der Waals surface area contributed by atoms with Crippen LogP contribution in [-0.2, 0) is 6.54 Å². The van der Waals surface area contributed by atoms with Crippen LogP contribution in [-0.4, -0.2) is 30.7 Å². The normalized spacial score (nSPS) is 11.9. The molecule has 1 atom stereocenters. The van der Waals surface area contributed by atoms with Crippen LogP contribution in [0.2, 0.25) is 0 Å². The average molecular weight is 550 g/mol. The number of nitrogens with one attached hydrogen (secondary N) is 3. The maximum Gasteiger partial charge on any atom is 0.291 e. The fraction of sp³-hybridized carbons (Fsp3) is 0.217. The van der Waals surface area contributed by atoms with Crippen molar-refractivity contribution in [3.8, 4) is 0 Å². The van der Waals surface area contributed by atoms with Gasteiger partial charge in [0.1, 0.15) is 0 Å². The van der Waals surface area contributed by atoms with E-state index in [1.165, 1.54) is 11.2 Å². The lowest BCUT2D eigenvalue weighted by Crippen LogP contribution is -2.39. The standard InChI is InChI=1S/C23H26N4O2S.HI/c1-17(30-20-7-4-3-5-8-20)15-25-23(24-2)26-16-18-10-12-19(13-11-18)27-22(28)21-9-6-14-29-21;/h3-14,17H,15-16H2,1-2H3,(H,27,28)(H2,24,25,26);1H. The summed E-state index contributed by atoms with van der Waals surface area (Å²) in [5, 5.41) is 9.89. The van der Waals surface area contributed by atoms with E-state index >= 15 is 0 Å². The van der Waals surface area contributed by atoms with Crippen molar-refractivity contribution in [2.45, 2.75) is 23.6 Å². The molecular formula is C23H27IN4O2S. The van der Waals surface area contributed by atoms with Gasteiger partial charge < -0.3 is 20.4 Å². The van der Waals surface area contributed by atoms with Gasteiger partial charge in [-0.05, 0) is 42.0 Å². The lowest BCUT2D eigenvalue weighted by atomic mass is 10.2. The Bertz CT molecular complexity index is 947. The molecule has 164 valence electrons. The molecule has 0 fully saturated rings. The second-order valence-corrected chi connectivity index (χ2v) is 8.19. The van der Waals surface area contributed by atoms with Gasteiger partial charge in [-0.2, -0.15) is 0 Å². The summed E-state index contributed by atoms with van der Waals surface area (Å²) in [6, 6.07) is 21.4. The van der Waals surface area contributed by atoms with Crippen molar-refractivity contribution in [1.82, 2.24) is 10.6 Å². The van der Waals surface area contributed by atoms with E-state index in [1.807, 2.05) is 42.1 Å². The molecule has 0 aliphatic heterocycles. The zero-order valence-corrected chi connectivity index (χ0v) is 20.6. The van der Waals surface area contributed by atoms with Crippen LogP contribution >= 0.6 is 35.7 Å². The number of thioether (sulfide) groups is 1. The zero-order chi connectivity index (χ0) is 21.2. The van der Waals surface area contributed by atoms with Gasteiger partial charge in [-0.25, -0.2) is 0 Å². The van der Waals surface area contributed by atoms with E-state index in [2.05, 4.69) is 52.1 Å². The minimum atomic E-state index is -0.266. The van der Waals surface area contributed by atoms with E-state index in [4.69, 9.17) is 4.42 Å². The Kier molecular flexibility index (Phi) is 10.5. The third-order valence-electron chi connectivity index (χ3n) is 4.28. The number of anilines is 1. The molecule has 2 aromatic carbocycles. The lowest BCUT2D eigenvalue weighted by molar-refractivity contribution is 0.0996. The molecule has 1 heterocycles. The Morgan fingerprint density at radius 3 is 2.42 bits per heavy atom. The Morgan fingerprint density at radius 1 is 1.03 bits per heavy atom. The van der Waals surface area contributed by atoms with Gasteiger partial charge in [0.05, 0.1) is 6.26 Å². The van der Waals surface area contributed by atoms with Crippen LogP contribution in [0.15, 0.2) is 87.3 Å². The van der Waals surface area contributed by atoms with E-state index in [0.717, 1.165) is 23.8 Å². The molecule has 3 rings (SSSR count). The Hall–Kier alpha value is -2.46. The molecule has 1 aromatic heterocycles. The van der Waals surface area contributed by atoms with Crippen LogP contribution in [0.25, 0.3) is 0 Å². The third kappa shape index (κ3) is 8.29. The maximum absolute atomic E-state index is 12.0. The molecule has 6 nitrogen and oxygen atoms in total. The van der Waals surface area contributed by atoms with Crippen molar-refractivity contribution in [2.75, 3.05) is 18.9 Å². The highest BCUT2D eigenvalue weighted by molar-refractivity contribution is 14.0. The predicted molar refractivity (Wildman–Crippen MR) is 138 cm³/mol. The van der Waals surface area contributed by atoms with Gasteiger partial charge in [0.25, 0.3) is 5.91 Å². The molecule has 0 saturated carbocycles. The van der Waals surface area contributed by atoms with Gasteiger partial charge in [-0.1, -0.05) is 37.3 Å². The van der Waals surface area contributed by atoms with E-state index in [-0.39, 0.29) is 35.6 Å². The topological polar surface area (TPSA) is 78.7 Å². The number of halogens is 1. The summed E-state index contributed by atoms with van der Waals surface area (Å²) < 4.78 is 5.10. The predicted octanol–water partition coefficient (Wildman–Crippen LogP) is 5.00. The van der Waals surface area contributed by atoms with Crippen molar-refractivity contribution in [3.63, 3.8) is 0 Å². The van der Waals surface area contributed by atoms with Crippen LogP contribution in [0.5, 0.6) is 0 Å². The van der Waals surface area contributed by atoms with Crippen LogP contribution in [0.3, 0.4) is 0 Å². The van der Waals surface area contributed by atoms with E-state index in [1.54, 1.807) is 19.2 Å². The van der Waals surface area contributed by atoms with Crippen molar-refractivity contribution in [3.05, 3.63) is 84.3 Å². The highest BCUT2D eigenvalue weighted by atomic mass is 127. The summed E-state index contributed by atoms with van der Waals surface area (Å²) in [6.45, 7) is 3.62. The molecule has 0 spiro atoms. The minimum absolute atomic E-state index is 0. The molecule has 0 saturated heterocycles. The zero-order valence-electron chi connectivity index (χ0n) is 17.5. The van der Waals surface area contributed by atoms with Gasteiger partial charge >= 0.3 is 0 Å². The monoisotopic (exact) mass is 550 g/mol. The number of rotatable bonds is 8.